The minimum atomic E-state index is -0.474. The molecule has 1 rings (SSSR count). The summed E-state index contributed by atoms with van der Waals surface area (Å²) in [5.41, 5.74) is 6.05. The monoisotopic (exact) mass is 391 g/mol. The van der Waals surface area contributed by atoms with Crippen LogP contribution in [0, 0.1) is 0 Å². The minimum absolute atomic E-state index is 0.00318. The number of rotatable bonds is 5. The summed E-state index contributed by atoms with van der Waals surface area (Å²) in [6.45, 7) is 1.96. The summed E-state index contributed by atoms with van der Waals surface area (Å²) in [6.07, 6.45) is 1.42. The van der Waals surface area contributed by atoms with Gasteiger partial charge in [-0.3, -0.25) is 4.79 Å². The van der Waals surface area contributed by atoms with Crippen LogP contribution in [0.2, 0.25) is 0 Å². The van der Waals surface area contributed by atoms with Crippen LogP contribution in [0.25, 0.3) is 0 Å². The molecule has 1 aromatic carbocycles. The molecule has 5 nitrogen and oxygen atoms in total. The number of oxime groups is 1. The standard InChI is InChI=1S/C12H15Br2N3O2/c1-2-3-10(11(15)17-19)16-12(18)8-5-4-7(13)6-9(8)14/h4-6,10,19H,2-3H2,1H3,(H2,15,17)(H,16,18). The molecule has 0 radical (unpaired) electrons. The lowest BCUT2D eigenvalue weighted by Crippen LogP contribution is -2.44. The van der Waals surface area contributed by atoms with Crippen LogP contribution in [0.15, 0.2) is 32.3 Å². The molecule has 1 atom stereocenters. The van der Waals surface area contributed by atoms with E-state index in [2.05, 4.69) is 42.3 Å². The van der Waals surface area contributed by atoms with Gasteiger partial charge in [-0.1, -0.05) is 34.4 Å². The topological polar surface area (TPSA) is 87.7 Å². The van der Waals surface area contributed by atoms with Crippen LogP contribution in [-0.4, -0.2) is 23.0 Å². The van der Waals surface area contributed by atoms with E-state index in [-0.39, 0.29) is 11.7 Å². The van der Waals surface area contributed by atoms with Crippen molar-refractivity contribution in [3.05, 3.63) is 32.7 Å². The molecule has 0 aliphatic carbocycles. The van der Waals surface area contributed by atoms with Gasteiger partial charge in [0, 0.05) is 8.95 Å². The molecule has 0 aliphatic rings. The molecule has 0 saturated heterocycles. The Morgan fingerprint density at radius 2 is 2.21 bits per heavy atom. The van der Waals surface area contributed by atoms with Gasteiger partial charge in [0.2, 0.25) is 0 Å². The number of amides is 1. The van der Waals surface area contributed by atoms with Gasteiger partial charge in [0.15, 0.2) is 5.84 Å². The molecule has 0 aromatic heterocycles. The van der Waals surface area contributed by atoms with Crippen molar-refractivity contribution in [3.63, 3.8) is 0 Å². The number of carbonyl (C=O) groups excluding carboxylic acids is 1. The molecule has 0 fully saturated rings. The fraction of sp³-hybridized carbons (Fsp3) is 0.333. The fourth-order valence-electron chi connectivity index (χ4n) is 1.56. The maximum Gasteiger partial charge on any atom is 0.253 e. The average Bonchev–Trinajstić information content (AvgIpc) is 2.37. The van der Waals surface area contributed by atoms with E-state index in [4.69, 9.17) is 10.9 Å². The molecule has 104 valence electrons. The summed E-state index contributed by atoms with van der Waals surface area (Å²) in [5.74, 6) is -0.271. The Kier molecular flexibility index (Phi) is 6.30. The van der Waals surface area contributed by atoms with E-state index in [0.29, 0.717) is 16.5 Å². The van der Waals surface area contributed by atoms with Crippen LogP contribution in [-0.2, 0) is 0 Å². The smallest absolute Gasteiger partial charge is 0.253 e. The third kappa shape index (κ3) is 4.50. The van der Waals surface area contributed by atoms with Gasteiger partial charge >= 0.3 is 0 Å². The molecule has 0 aliphatic heterocycles. The third-order valence-corrected chi connectivity index (χ3v) is 3.68. The van der Waals surface area contributed by atoms with E-state index in [1.54, 1.807) is 18.2 Å². The molecule has 0 heterocycles. The van der Waals surface area contributed by atoms with Gasteiger partial charge in [0.25, 0.3) is 5.91 Å². The van der Waals surface area contributed by atoms with Crippen molar-refractivity contribution >= 4 is 43.6 Å². The Labute approximate surface area is 128 Å². The molecule has 0 bridgehead atoms. The van der Waals surface area contributed by atoms with Crippen LogP contribution >= 0.6 is 31.9 Å². The number of halogens is 2. The van der Waals surface area contributed by atoms with Gasteiger partial charge in [0.05, 0.1) is 11.6 Å². The summed E-state index contributed by atoms with van der Waals surface area (Å²) in [5, 5.41) is 14.4. The number of nitrogens with zero attached hydrogens (tertiary/aromatic N) is 1. The molecule has 19 heavy (non-hydrogen) atoms. The molecule has 0 spiro atoms. The Bertz CT molecular complexity index is 492. The number of carbonyl (C=O) groups is 1. The summed E-state index contributed by atoms with van der Waals surface area (Å²) in [4.78, 5) is 12.1. The lowest BCUT2D eigenvalue weighted by Gasteiger charge is -2.17. The fourth-order valence-corrected chi connectivity index (χ4v) is 2.79. The van der Waals surface area contributed by atoms with Gasteiger partial charge in [-0.05, 0) is 40.5 Å². The highest BCUT2D eigenvalue weighted by molar-refractivity contribution is 9.11. The summed E-state index contributed by atoms with van der Waals surface area (Å²) < 4.78 is 1.55. The predicted octanol–water partition coefficient (Wildman–Crippen LogP) is 2.86. The van der Waals surface area contributed by atoms with Crippen molar-refractivity contribution in [2.45, 2.75) is 25.8 Å². The number of amidine groups is 1. The number of benzene rings is 1. The van der Waals surface area contributed by atoms with E-state index in [1.165, 1.54) is 0 Å². The lowest BCUT2D eigenvalue weighted by atomic mass is 10.1. The van der Waals surface area contributed by atoms with E-state index < -0.39 is 6.04 Å². The van der Waals surface area contributed by atoms with E-state index in [1.807, 2.05) is 6.92 Å². The first kappa shape index (κ1) is 16.0. The van der Waals surface area contributed by atoms with Crippen molar-refractivity contribution in [3.8, 4) is 0 Å². The van der Waals surface area contributed by atoms with Crippen molar-refractivity contribution in [1.29, 1.82) is 0 Å². The maximum absolute atomic E-state index is 12.1. The van der Waals surface area contributed by atoms with E-state index >= 15 is 0 Å². The number of nitrogens with one attached hydrogen (secondary N) is 1. The molecule has 1 unspecified atom stereocenters. The second kappa shape index (κ2) is 7.49. The zero-order valence-corrected chi connectivity index (χ0v) is 13.5. The highest BCUT2D eigenvalue weighted by Gasteiger charge is 2.18. The van der Waals surface area contributed by atoms with Crippen molar-refractivity contribution in [1.82, 2.24) is 5.32 Å². The largest absolute Gasteiger partial charge is 0.409 e. The van der Waals surface area contributed by atoms with Crippen molar-refractivity contribution in [2.24, 2.45) is 10.9 Å². The zero-order valence-electron chi connectivity index (χ0n) is 10.4. The van der Waals surface area contributed by atoms with Gasteiger partial charge < -0.3 is 16.3 Å². The summed E-state index contributed by atoms with van der Waals surface area (Å²) in [6, 6.07) is 4.78. The Balaban J connectivity index is 2.87. The number of hydrogen-bond donors (Lipinski definition) is 3. The van der Waals surface area contributed by atoms with Crippen LogP contribution in [0.4, 0.5) is 0 Å². The highest BCUT2D eigenvalue weighted by atomic mass is 79.9. The lowest BCUT2D eigenvalue weighted by molar-refractivity contribution is 0.0944. The number of nitrogens with two attached hydrogens (primary N) is 1. The van der Waals surface area contributed by atoms with E-state index in [9.17, 15) is 4.79 Å². The number of hydrogen-bond acceptors (Lipinski definition) is 3. The molecule has 1 aromatic rings. The van der Waals surface area contributed by atoms with E-state index in [0.717, 1.165) is 10.9 Å². The third-order valence-electron chi connectivity index (χ3n) is 2.53. The molecule has 1 amide bonds. The van der Waals surface area contributed by atoms with Crippen molar-refractivity contribution < 1.29 is 10.0 Å². The summed E-state index contributed by atoms with van der Waals surface area (Å²) in [7, 11) is 0. The quantitative estimate of drug-likeness (QED) is 0.311. The first-order valence-corrected chi connectivity index (χ1v) is 7.31. The normalized spacial score (nSPS) is 13.1. The second-order valence-electron chi connectivity index (χ2n) is 3.96. The van der Waals surface area contributed by atoms with Crippen molar-refractivity contribution in [2.75, 3.05) is 0 Å². The maximum atomic E-state index is 12.1. The SMILES string of the molecule is CCCC(NC(=O)c1ccc(Br)cc1Br)/C(N)=N/O. The van der Waals surface area contributed by atoms with Crippen LogP contribution in [0.5, 0.6) is 0 Å². The van der Waals surface area contributed by atoms with Crippen LogP contribution in [0.1, 0.15) is 30.1 Å². The highest BCUT2D eigenvalue weighted by Crippen LogP contribution is 2.22. The molecular weight excluding hydrogens is 378 g/mol. The van der Waals surface area contributed by atoms with Gasteiger partial charge in [-0.2, -0.15) is 0 Å². The molecular formula is C12H15Br2N3O2. The van der Waals surface area contributed by atoms with Gasteiger partial charge in [-0.25, -0.2) is 0 Å². The summed E-state index contributed by atoms with van der Waals surface area (Å²) >= 11 is 6.65. The molecule has 4 N–H and O–H groups in total. The second-order valence-corrected chi connectivity index (χ2v) is 5.73. The van der Waals surface area contributed by atoms with Crippen LogP contribution in [0.3, 0.4) is 0 Å². The Morgan fingerprint density at radius 3 is 2.74 bits per heavy atom. The van der Waals surface area contributed by atoms with Gasteiger partial charge in [0.1, 0.15) is 0 Å². The van der Waals surface area contributed by atoms with Crippen LogP contribution < -0.4 is 11.1 Å². The zero-order chi connectivity index (χ0) is 14.4. The Morgan fingerprint density at radius 1 is 1.53 bits per heavy atom. The first-order valence-electron chi connectivity index (χ1n) is 5.73. The molecule has 0 saturated carbocycles. The first-order chi connectivity index (χ1) is 8.99. The average molecular weight is 393 g/mol. The minimum Gasteiger partial charge on any atom is -0.409 e. The predicted molar refractivity (Wildman–Crippen MR) is 81.4 cm³/mol. The molecule has 7 heteroatoms. The Hall–Kier alpha value is -1.08. The van der Waals surface area contributed by atoms with Gasteiger partial charge in [-0.15, -0.1) is 0 Å².